The van der Waals surface area contributed by atoms with E-state index in [0.29, 0.717) is 17.9 Å². The molecular formula is C22H26ClF2N3O2. The first-order valence-electron chi connectivity index (χ1n) is 9.15. The number of carbonyl (C=O) groups is 1. The standard InChI is InChI=1S/C18H18ClF2N3O2.C2H6.C2H2/c1-2-26-13-6-7-14(15(19)10-13)18(20,21)16-8-5-12(11-24-16)4-3-9-23-17(22)25;2*1-2/h3-8,10-11H,2,9H2,1H3,(H3,22,23,25);1-2H3;1-2H/b4-3+;;. The lowest BCUT2D eigenvalue weighted by Crippen LogP contribution is -2.29. The number of hydrogen-bond donors (Lipinski definition) is 2. The van der Waals surface area contributed by atoms with Gasteiger partial charge in [0.25, 0.3) is 0 Å². The molecule has 1 aromatic carbocycles. The maximum absolute atomic E-state index is 14.7. The van der Waals surface area contributed by atoms with Gasteiger partial charge in [-0.3, -0.25) is 4.98 Å². The van der Waals surface area contributed by atoms with E-state index in [1.807, 2.05) is 13.8 Å². The maximum Gasteiger partial charge on any atom is 0.316 e. The fraction of sp³-hybridized carbons (Fsp3) is 0.273. The van der Waals surface area contributed by atoms with Crippen molar-refractivity contribution in [1.82, 2.24) is 10.3 Å². The number of ether oxygens (including phenoxy) is 1. The normalized spacial score (nSPS) is 10.3. The fourth-order valence-electron chi connectivity index (χ4n) is 2.19. The number of aromatic nitrogens is 1. The van der Waals surface area contributed by atoms with Crippen molar-refractivity contribution in [1.29, 1.82) is 0 Å². The van der Waals surface area contributed by atoms with Crippen molar-refractivity contribution in [2.24, 2.45) is 5.73 Å². The molecule has 0 saturated carbocycles. The molecule has 2 rings (SSSR count). The van der Waals surface area contributed by atoms with Gasteiger partial charge in [-0.05, 0) is 36.8 Å². The average molecular weight is 438 g/mol. The van der Waals surface area contributed by atoms with Crippen LogP contribution in [0.5, 0.6) is 5.75 Å². The quantitative estimate of drug-likeness (QED) is 0.582. The highest BCUT2D eigenvalue weighted by atomic mass is 35.5. The van der Waals surface area contributed by atoms with Gasteiger partial charge in [-0.1, -0.05) is 43.7 Å². The number of nitrogens with zero attached hydrogens (tertiary/aromatic N) is 1. The highest BCUT2D eigenvalue weighted by Crippen LogP contribution is 2.39. The number of primary amides is 1. The van der Waals surface area contributed by atoms with E-state index < -0.39 is 17.6 Å². The number of alkyl halides is 2. The Morgan fingerprint density at radius 3 is 2.47 bits per heavy atom. The van der Waals surface area contributed by atoms with E-state index in [-0.39, 0.29) is 17.1 Å². The largest absolute Gasteiger partial charge is 0.494 e. The Hall–Kier alpha value is -3.11. The van der Waals surface area contributed by atoms with Gasteiger partial charge in [-0.15, -0.1) is 12.8 Å². The first kappa shape index (κ1) is 26.9. The van der Waals surface area contributed by atoms with Crippen LogP contribution in [0.1, 0.15) is 37.6 Å². The SMILES string of the molecule is C#C.CC.CCOc1ccc(C(F)(F)c2ccc(/C=C/CNC(N)=O)cn2)c(Cl)c1. The molecule has 0 unspecified atom stereocenters. The first-order chi connectivity index (χ1) is 14.3. The van der Waals surface area contributed by atoms with Gasteiger partial charge in [0.05, 0.1) is 11.6 Å². The second kappa shape index (κ2) is 14.0. The Morgan fingerprint density at radius 2 is 1.97 bits per heavy atom. The number of halogens is 3. The molecule has 0 saturated heterocycles. The van der Waals surface area contributed by atoms with Crippen LogP contribution < -0.4 is 15.8 Å². The molecule has 8 heteroatoms. The predicted octanol–water partition coefficient (Wildman–Crippen LogP) is 5.23. The molecule has 0 aliphatic carbocycles. The summed E-state index contributed by atoms with van der Waals surface area (Å²) < 4.78 is 34.7. The Labute approximate surface area is 181 Å². The molecular weight excluding hydrogens is 412 g/mol. The Bertz CT molecular complexity index is 838. The number of terminal acetylenes is 1. The number of hydrogen-bond acceptors (Lipinski definition) is 3. The molecule has 5 nitrogen and oxygen atoms in total. The first-order valence-corrected chi connectivity index (χ1v) is 9.52. The topological polar surface area (TPSA) is 77.2 Å². The lowest BCUT2D eigenvalue weighted by Gasteiger charge is -2.18. The van der Waals surface area contributed by atoms with E-state index in [2.05, 4.69) is 23.1 Å². The van der Waals surface area contributed by atoms with Crippen LogP contribution in [-0.2, 0) is 5.92 Å². The molecule has 2 amide bonds. The Morgan fingerprint density at radius 1 is 1.30 bits per heavy atom. The molecule has 0 aliphatic heterocycles. The third kappa shape index (κ3) is 8.10. The van der Waals surface area contributed by atoms with Crippen molar-refractivity contribution in [2.75, 3.05) is 13.2 Å². The maximum atomic E-state index is 14.7. The summed E-state index contributed by atoms with van der Waals surface area (Å²) in [6.07, 6.45) is 12.6. The Kier molecular flexibility index (Phi) is 12.5. The summed E-state index contributed by atoms with van der Waals surface area (Å²) in [7, 11) is 0. The number of nitrogens with one attached hydrogen (secondary N) is 1. The monoisotopic (exact) mass is 437 g/mol. The van der Waals surface area contributed by atoms with Gasteiger partial charge < -0.3 is 15.8 Å². The van der Waals surface area contributed by atoms with Crippen LogP contribution in [-0.4, -0.2) is 24.2 Å². The summed E-state index contributed by atoms with van der Waals surface area (Å²) in [5, 5.41) is 2.29. The van der Waals surface area contributed by atoms with E-state index in [0.717, 1.165) is 0 Å². The predicted molar refractivity (Wildman–Crippen MR) is 118 cm³/mol. The molecule has 0 fully saturated rings. The molecule has 162 valence electrons. The van der Waals surface area contributed by atoms with Crippen LogP contribution in [0.25, 0.3) is 6.08 Å². The van der Waals surface area contributed by atoms with Crippen molar-refractivity contribution in [3.05, 3.63) is 64.4 Å². The van der Waals surface area contributed by atoms with Crippen molar-refractivity contribution in [3.8, 4) is 18.6 Å². The average Bonchev–Trinajstić information content (AvgIpc) is 2.74. The summed E-state index contributed by atoms with van der Waals surface area (Å²) in [5.41, 5.74) is 4.78. The molecule has 1 heterocycles. The minimum Gasteiger partial charge on any atom is -0.494 e. The zero-order chi connectivity index (χ0) is 23.2. The summed E-state index contributed by atoms with van der Waals surface area (Å²) in [5.74, 6) is -2.92. The molecule has 0 atom stereocenters. The molecule has 0 aliphatic rings. The number of benzene rings is 1. The van der Waals surface area contributed by atoms with Crippen molar-refractivity contribution in [3.63, 3.8) is 0 Å². The molecule has 0 spiro atoms. The summed E-state index contributed by atoms with van der Waals surface area (Å²) in [4.78, 5) is 14.4. The molecule has 0 bridgehead atoms. The van der Waals surface area contributed by atoms with Crippen LogP contribution in [0.2, 0.25) is 5.02 Å². The van der Waals surface area contributed by atoms with Crippen molar-refractivity contribution < 1.29 is 18.3 Å². The highest BCUT2D eigenvalue weighted by molar-refractivity contribution is 6.31. The number of carbonyl (C=O) groups excluding carboxylic acids is 1. The number of amides is 2. The van der Waals surface area contributed by atoms with Gasteiger partial charge in [-0.25, -0.2) is 4.79 Å². The van der Waals surface area contributed by atoms with Crippen LogP contribution in [0, 0.1) is 12.8 Å². The zero-order valence-electron chi connectivity index (χ0n) is 17.2. The van der Waals surface area contributed by atoms with Crippen molar-refractivity contribution in [2.45, 2.75) is 26.7 Å². The van der Waals surface area contributed by atoms with Crippen LogP contribution in [0.15, 0.2) is 42.6 Å². The third-order valence-electron chi connectivity index (χ3n) is 3.40. The Balaban J connectivity index is 0.00000198. The van der Waals surface area contributed by atoms with Crippen LogP contribution in [0.3, 0.4) is 0 Å². The van der Waals surface area contributed by atoms with Crippen LogP contribution >= 0.6 is 11.6 Å². The molecule has 0 radical (unpaired) electrons. The minimum atomic E-state index is -3.35. The number of urea groups is 1. The molecule has 2 aromatic rings. The smallest absolute Gasteiger partial charge is 0.316 e. The third-order valence-corrected chi connectivity index (χ3v) is 3.72. The van der Waals surface area contributed by atoms with Gasteiger partial charge in [0, 0.05) is 18.3 Å². The second-order valence-electron chi connectivity index (χ2n) is 5.27. The zero-order valence-corrected chi connectivity index (χ0v) is 17.9. The summed E-state index contributed by atoms with van der Waals surface area (Å²) >= 11 is 6.00. The summed E-state index contributed by atoms with van der Waals surface area (Å²) in [6, 6.07) is 6.12. The van der Waals surface area contributed by atoms with Gasteiger partial charge in [0.15, 0.2) is 0 Å². The van der Waals surface area contributed by atoms with Gasteiger partial charge in [-0.2, -0.15) is 8.78 Å². The molecule has 3 N–H and O–H groups in total. The van der Waals surface area contributed by atoms with E-state index in [4.69, 9.17) is 22.1 Å². The number of pyridine rings is 1. The van der Waals surface area contributed by atoms with Gasteiger partial charge in [0.1, 0.15) is 11.4 Å². The van der Waals surface area contributed by atoms with Gasteiger partial charge >= 0.3 is 12.0 Å². The van der Waals surface area contributed by atoms with E-state index in [1.54, 1.807) is 19.1 Å². The van der Waals surface area contributed by atoms with E-state index >= 15 is 0 Å². The fourth-order valence-corrected chi connectivity index (χ4v) is 2.48. The minimum absolute atomic E-state index is 0.0933. The second-order valence-corrected chi connectivity index (χ2v) is 5.68. The molecule has 30 heavy (non-hydrogen) atoms. The van der Waals surface area contributed by atoms with E-state index in [1.165, 1.54) is 36.5 Å². The molecule has 1 aromatic heterocycles. The lowest BCUT2D eigenvalue weighted by molar-refractivity contribution is 0.0381. The van der Waals surface area contributed by atoms with E-state index in [9.17, 15) is 13.6 Å². The highest BCUT2D eigenvalue weighted by Gasteiger charge is 2.37. The number of nitrogens with two attached hydrogens (primary N) is 1. The van der Waals surface area contributed by atoms with Gasteiger partial charge in [0.2, 0.25) is 0 Å². The summed E-state index contributed by atoms with van der Waals surface area (Å²) in [6.45, 7) is 6.44. The van der Waals surface area contributed by atoms with Crippen molar-refractivity contribution >= 4 is 23.7 Å². The van der Waals surface area contributed by atoms with Crippen LogP contribution in [0.4, 0.5) is 13.6 Å². The number of rotatable bonds is 7. The lowest BCUT2D eigenvalue weighted by atomic mass is 10.0.